The first-order valence-corrected chi connectivity index (χ1v) is 7.55. The summed E-state index contributed by atoms with van der Waals surface area (Å²) >= 11 is 17.7. The van der Waals surface area contributed by atoms with Gasteiger partial charge in [-0.3, -0.25) is 4.90 Å². The maximum Gasteiger partial charge on any atom is 0.131 e. The van der Waals surface area contributed by atoms with E-state index in [0.717, 1.165) is 24.4 Å². The van der Waals surface area contributed by atoms with Crippen LogP contribution in [0.15, 0.2) is 36.4 Å². The topological polar surface area (TPSA) is 25.4 Å². The standard InChI is InChI=1S/C15H15Cl3N2O/c1-20(10-11-7-14(17)19-15(18)8-11)5-6-21-13-4-2-3-12(16)9-13/h2-4,7-9H,5-6,10H2,1H3. The second kappa shape index (κ2) is 7.85. The highest BCUT2D eigenvalue weighted by molar-refractivity contribution is 6.32. The lowest BCUT2D eigenvalue weighted by molar-refractivity contribution is 0.233. The number of hydrogen-bond donors (Lipinski definition) is 0. The molecule has 3 nitrogen and oxygen atoms in total. The number of aromatic nitrogens is 1. The van der Waals surface area contributed by atoms with Crippen LogP contribution >= 0.6 is 34.8 Å². The number of benzene rings is 1. The van der Waals surface area contributed by atoms with Crippen molar-refractivity contribution in [2.24, 2.45) is 0 Å². The van der Waals surface area contributed by atoms with Crippen LogP contribution in [0.5, 0.6) is 5.75 Å². The van der Waals surface area contributed by atoms with Crippen molar-refractivity contribution in [2.45, 2.75) is 6.54 Å². The van der Waals surface area contributed by atoms with Gasteiger partial charge in [-0.05, 0) is 42.9 Å². The van der Waals surface area contributed by atoms with Crippen LogP contribution in [0.25, 0.3) is 0 Å². The number of likely N-dealkylation sites (N-methyl/N-ethyl adjacent to an activating group) is 1. The van der Waals surface area contributed by atoms with Gasteiger partial charge in [0, 0.05) is 18.1 Å². The van der Waals surface area contributed by atoms with Crippen molar-refractivity contribution in [1.29, 1.82) is 0 Å². The number of nitrogens with zero attached hydrogens (tertiary/aromatic N) is 2. The smallest absolute Gasteiger partial charge is 0.131 e. The molecule has 0 radical (unpaired) electrons. The van der Waals surface area contributed by atoms with E-state index in [2.05, 4.69) is 9.88 Å². The Balaban J connectivity index is 1.80. The average Bonchev–Trinajstić information content (AvgIpc) is 2.37. The van der Waals surface area contributed by atoms with Crippen molar-refractivity contribution < 1.29 is 4.74 Å². The summed E-state index contributed by atoms with van der Waals surface area (Å²) in [5, 5.41) is 1.48. The maximum absolute atomic E-state index is 5.90. The van der Waals surface area contributed by atoms with Crippen LogP contribution in [0.2, 0.25) is 15.3 Å². The SMILES string of the molecule is CN(CCOc1cccc(Cl)c1)Cc1cc(Cl)nc(Cl)c1. The van der Waals surface area contributed by atoms with E-state index in [0.29, 0.717) is 21.9 Å². The number of pyridine rings is 1. The van der Waals surface area contributed by atoms with Gasteiger partial charge in [-0.15, -0.1) is 0 Å². The molecule has 1 aromatic carbocycles. The zero-order valence-corrected chi connectivity index (χ0v) is 13.8. The Bertz CT molecular complexity index is 587. The molecule has 1 heterocycles. The molecule has 0 fully saturated rings. The summed E-state index contributed by atoms with van der Waals surface area (Å²) in [5.41, 5.74) is 1.02. The van der Waals surface area contributed by atoms with Gasteiger partial charge in [0.25, 0.3) is 0 Å². The van der Waals surface area contributed by atoms with Crippen molar-refractivity contribution >= 4 is 34.8 Å². The fourth-order valence-corrected chi connectivity index (χ4v) is 2.56. The molecule has 0 spiro atoms. The molecule has 6 heteroatoms. The van der Waals surface area contributed by atoms with E-state index < -0.39 is 0 Å². The highest BCUT2D eigenvalue weighted by atomic mass is 35.5. The molecule has 0 atom stereocenters. The summed E-state index contributed by atoms with van der Waals surface area (Å²) in [4.78, 5) is 6.04. The van der Waals surface area contributed by atoms with E-state index in [1.54, 1.807) is 6.07 Å². The highest BCUT2D eigenvalue weighted by Crippen LogP contribution is 2.18. The van der Waals surface area contributed by atoms with Crippen molar-refractivity contribution in [3.8, 4) is 5.75 Å². The van der Waals surface area contributed by atoms with E-state index in [9.17, 15) is 0 Å². The molecule has 112 valence electrons. The maximum atomic E-state index is 5.90. The molecule has 2 aromatic rings. The number of rotatable bonds is 6. The van der Waals surface area contributed by atoms with Crippen LogP contribution in [0.4, 0.5) is 0 Å². The number of ether oxygens (including phenoxy) is 1. The molecule has 0 N–H and O–H groups in total. The van der Waals surface area contributed by atoms with Gasteiger partial charge in [-0.2, -0.15) is 0 Å². The average molecular weight is 346 g/mol. The van der Waals surface area contributed by atoms with Gasteiger partial charge in [-0.1, -0.05) is 40.9 Å². The van der Waals surface area contributed by atoms with E-state index in [-0.39, 0.29) is 0 Å². The fraction of sp³-hybridized carbons (Fsp3) is 0.267. The molecule has 0 bridgehead atoms. The summed E-state index contributed by atoms with van der Waals surface area (Å²) in [5.74, 6) is 0.769. The first kappa shape index (κ1) is 16.4. The quantitative estimate of drug-likeness (QED) is 0.718. The zero-order valence-electron chi connectivity index (χ0n) is 11.5. The Morgan fingerprint density at radius 1 is 1.10 bits per heavy atom. The molecule has 0 saturated carbocycles. The van der Waals surface area contributed by atoms with Gasteiger partial charge in [0.05, 0.1) is 0 Å². The van der Waals surface area contributed by atoms with E-state index in [1.165, 1.54) is 0 Å². The van der Waals surface area contributed by atoms with Gasteiger partial charge in [-0.25, -0.2) is 4.98 Å². The van der Waals surface area contributed by atoms with Crippen LogP contribution in [-0.4, -0.2) is 30.1 Å². The lowest BCUT2D eigenvalue weighted by Crippen LogP contribution is -2.23. The summed E-state index contributed by atoms with van der Waals surface area (Å²) in [6.07, 6.45) is 0. The molecule has 0 aliphatic carbocycles. The molecule has 0 aliphatic heterocycles. The second-order valence-electron chi connectivity index (χ2n) is 4.66. The Morgan fingerprint density at radius 2 is 1.81 bits per heavy atom. The van der Waals surface area contributed by atoms with Crippen LogP contribution < -0.4 is 4.74 Å². The lowest BCUT2D eigenvalue weighted by atomic mass is 10.2. The van der Waals surface area contributed by atoms with Crippen molar-refractivity contribution in [3.05, 3.63) is 57.3 Å². The highest BCUT2D eigenvalue weighted by Gasteiger charge is 2.04. The first-order chi connectivity index (χ1) is 10.0. The first-order valence-electron chi connectivity index (χ1n) is 6.42. The van der Waals surface area contributed by atoms with Gasteiger partial charge < -0.3 is 4.74 Å². The molecule has 0 saturated heterocycles. The largest absolute Gasteiger partial charge is 0.492 e. The molecule has 0 aliphatic rings. The second-order valence-corrected chi connectivity index (χ2v) is 5.88. The third kappa shape index (κ3) is 5.71. The molecule has 21 heavy (non-hydrogen) atoms. The zero-order chi connectivity index (χ0) is 15.2. The Labute approximate surface area is 139 Å². The minimum absolute atomic E-state index is 0.404. The van der Waals surface area contributed by atoms with Crippen molar-refractivity contribution in [1.82, 2.24) is 9.88 Å². The predicted molar refractivity (Wildman–Crippen MR) is 87.5 cm³/mol. The molecule has 2 rings (SSSR count). The van der Waals surface area contributed by atoms with Gasteiger partial charge in [0.2, 0.25) is 0 Å². The van der Waals surface area contributed by atoms with E-state index in [1.807, 2.05) is 37.4 Å². The van der Waals surface area contributed by atoms with E-state index in [4.69, 9.17) is 39.5 Å². The fourth-order valence-electron chi connectivity index (χ4n) is 1.87. The normalized spacial score (nSPS) is 10.9. The summed E-state index contributed by atoms with van der Waals surface area (Å²) in [7, 11) is 2.00. The van der Waals surface area contributed by atoms with Crippen LogP contribution in [0.1, 0.15) is 5.56 Å². The van der Waals surface area contributed by atoms with Gasteiger partial charge in [0.15, 0.2) is 0 Å². The third-order valence-corrected chi connectivity index (χ3v) is 3.44. The van der Waals surface area contributed by atoms with Crippen molar-refractivity contribution in [3.63, 3.8) is 0 Å². The monoisotopic (exact) mass is 344 g/mol. The summed E-state index contributed by atoms with van der Waals surface area (Å²) in [6, 6.07) is 11.0. The van der Waals surface area contributed by atoms with Gasteiger partial charge >= 0.3 is 0 Å². The van der Waals surface area contributed by atoms with Crippen LogP contribution in [-0.2, 0) is 6.54 Å². The summed E-state index contributed by atoms with van der Waals surface area (Å²) < 4.78 is 5.65. The van der Waals surface area contributed by atoms with Crippen LogP contribution in [0.3, 0.4) is 0 Å². The lowest BCUT2D eigenvalue weighted by Gasteiger charge is -2.17. The Kier molecular flexibility index (Phi) is 6.12. The van der Waals surface area contributed by atoms with Crippen molar-refractivity contribution in [2.75, 3.05) is 20.2 Å². The molecular formula is C15H15Cl3N2O. The Morgan fingerprint density at radius 3 is 2.48 bits per heavy atom. The molecule has 0 unspecified atom stereocenters. The minimum Gasteiger partial charge on any atom is -0.492 e. The predicted octanol–water partition coefficient (Wildman–Crippen LogP) is 4.55. The van der Waals surface area contributed by atoms with Crippen LogP contribution in [0, 0.1) is 0 Å². The molecular weight excluding hydrogens is 331 g/mol. The third-order valence-electron chi connectivity index (χ3n) is 2.81. The Hall–Kier alpha value is -1.00. The summed E-state index contributed by atoms with van der Waals surface area (Å²) in [6.45, 7) is 2.06. The minimum atomic E-state index is 0.404. The number of hydrogen-bond acceptors (Lipinski definition) is 3. The van der Waals surface area contributed by atoms with E-state index >= 15 is 0 Å². The number of halogens is 3. The molecule has 0 amide bonds. The van der Waals surface area contributed by atoms with Gasteiger partial charge in [0.1, 0.15) is 22.7 Å². The molecule has 1 aromatic heterocycles.